The van der Waals surface area contributed by atoms with E-state index in [0.717, 1.165) is 22.4 Å². The molecule has 1 N–H and O–H groups in total. The SMILES string of the molecule is COc1ccc(-c2ccc(C(=O)NCc3c4ccccc4cc4ccccc34)cc2)cc1. The van der Waals surface area contributed by atoms with Gasteiger partial charge >= 0.3 is 0 Å². The van der Waals surface area contributed by atoms with Gasteiger partial charge in [-0.1, -0.05) is 72.8 Å². The van der Waals surface area contributed by atoms with Crippen LogP contribution in [-0.4, -0.2) is 13.0 Å². The van der Waals surface area contributed by atoms with Crippen LogP contribution in [0.4, 0.5) is 0 Å². The number of carbonyl (C=O) groups is 1. The average molecular weight is 418 g/mol. The summed E-state index contributed by atoms with van der Waals surface area (Å²) >= 11 is 0. The summed E-state index contributed by atoms with van der Waals surface area (Å²) < 4.78 is 5.22. The van der Waals surface area contributed by atoms with Crippen LogP contribution in [0, 0.1) is 0 Å². The van der Waals surface area contributed by atoms with Crippen molar-refractivity contribution in [2.24, 2.45) is 0 Å². The van der Waals surface area contributed by atoms with Crippen molar-refractivity contribution in [1.29, 1.82) is 0 Å². The quantitative estimate of drug-likeness (QED) is 0.327. The fraction of sp³-hybridized carbons (Fsp3) is 0.0690. The highest BCUT2D eigenvalue weighted by molar-refractivity contribution is 6.03. The molecule has 1 amide bonds. The van der Waals surface area contributed by atoms with Crippen LogP contribution in [0.3, 0.4) is 0 Å². The monoisotopic (exact) mass is 417 g/mol. The molecule has 0 bridgehead atoms. The Labute approximate surface area is 187 Å². The molecule has 5 aromatic rings. The fourth-order valence-electron chi connectivity index (χ4n) is 4.17. The topological polar surface area (TPSA) is 38.3 Å². The first-order chi connectivity index (χ1) is 15.7. The molecule has 0 aliphatic heterocycles. The van der Waals surface area contributed by atoms with E-state index in [2.05, 4.69) is 35.6 Å². The van der Waals surface area contributed by atoms with Gasteiger partial charge in [0.05, 0.1) is 7.11 Å². The van der Waals surface area contributed by atoms with Crippen molar-refractivity contribution in [3.05, 3.63) is 114 Å². The first kappa shape index (κ1) is 19.8. The maximum absolute atomic E-state index is 12.9. The molecule has 5 aromatic carbocycles. The lowest BCUT2D eigenvalue weighted by Crippen LogP contribution is -2.23. The van der Waals surface area contributed by atoms with Gasteiger partial charge in [0.2, 0.25) is 0 Å². The van der Waals surface area contributed by atoms with Crippen LogP contribution in [0.15, 0.2) is 103 Å². The Hall–Kier alpha value is -4.11. The third-order valence-electron chi connectivity index (χ3n) is 5.88. The summed E-state index contributed by atoms with van der Waals surface area (Å²) in [4.78, 5) is 12.9. The molecule has 3 nitrogen and oxygen atoms in total. The van der Waals surface area contributed by atoms with E-state index in [1.165, 1.54) is 21.5 Å². The average Bonchev–Trinajstić information content (AvgIpc) is 2.86. The second kappa shape index (κ2) is 8.56. The van der Waals surface area contributed by atoms with E-state index in [9.17, 15) is 4.79 Å². The minimum Gasteiger partial charge on any atom is -0.497 e. The van der Waals surface area contributed by atoms with E-state index in [-0.39, 0.29) is 5.91 Å². The summed E-state index contributed by atoms with van der Waals surface area (Å²) in [5.74, 6) is 0.744. The highest BCUT2D eigenvalue weighted by atomic mass is 16.5. The molecule has 0 unspecified atom stereocenters. The highest BCUT2D eigenvalue weighted by Gasteiger charge is 2.11. The third kappa shape index (κ3) is 3.81. The van der Waals surface area contributed by atoms with Crippen LogP contribution < -0.4 is 10.1 Å². The van der Waals surface area contributed by atoms with Gasteiger partial charge in [-0.15, -0.1) is 0 Å². The summed E-state index contributed by atoms with van der Waals surface area (Å²) in [5, 5.41) is 7.81. The van der Waals surface area contributed by atoms with Crippen molar-refractivity contribution >= 4 is 27.5 Å². The molecular weight excluding hydrogens is 394 g/mol. The van der Waals surface area contributed by atoms with Gasteiger partial charge in [-0.25, -0.2) is 0 Å². The van der Waals surface area contributed by atoms with E-state index in [0.29, 0.717) is 12.1 Å². The normalized spacial score (nSPS) is 10.9. The number of nitrogens with one attached hydrogen (secondary N) is 1. The molecule has 0 saturated heterocycles. The van der Waals surface area contributed by atoms with Crippen LogP contribution >= 0.6 is 0 Å². The van der Waals surface area contributed by atoms with Gasteiger partial charge in [-0.2, -0.15) is 0 Å². The molecule has 5 rings (SSSR count). The van der Waals surface area contributed by atoms with Crippen molar-refractivity contribution in [2.75, 3.05) is 7.11 Å². The highest BCUT2D eigenvalue weighted by Crippen LogP contribution is 2.28. The largest absolute Gasteiger partial charge is 0.497 e. The van der Waals surface area contributed by atoms with Gasteiger partial charge in [0, 0.05) is 12.1 Å². The maximum atomic E-state index is 12.9. The molecule has 32 heavy (non-hydrogen) atoms. The number of rotatable bonds is 5. The molecule has 0 heterocycles. The van der Waals surface area contributed by atoms with E-state index in [4.69, 9.17) is 4.74 Å². The van der Waals surface area contributed by atoms with Gasteiger partial charge in [-0.05, 0) is 68.6 Å². The first-order valence-corrected chi connectivity index (χ1v) is 10.6. The molecule has 0 fully saturated rings. The minimum atomic E-state index is -0.0803. The Bertz CT molecular complexity index is 1350. The number of benzene rings is 5. The predicted octanol–water partition coefficient (Wildman–Crippen LogP) is 6.60. The van der Waals surface area contributed by atoms with Crippen LogP contribution in [0.1, 0.15) is 15.9 Å². The Kier molecular flexibility index (Phi) is 5.30. The maximum Gasteiger partial charge on any atom is 0.251 e. The zero-order valence-electron chi connectivity index (χ0n) is 17.8. The smallest absolute Gasteiger partial charge is 0.251 e. The molecule has 0 aliphatic rings. The van der Waals surface area contributed by atoms with Crippen molar-refractivity contribution < 1.29 is 9.53 Å². The summed E-state index contributed by atoms with van der Waals surface area (Å²) in [6.07, 6.45) is 0. The standard InChI is InChI=1S/C29H23NO2/c1-32-25-16-14-21(15-17-25)20-10-12-22(13-11-20)29(31)30-19-28-26-8-4-2-6-23(26)18-24-7-3-5-9-27(24)28/h2-18H,19H2,1H3,(H,30,31). The molecule has 0 aliphatic carbocycles. The van der Waals surface area contributed by atoms with Crippen molar-refractivity contribution in [1.82, 2.24) is 5.32 Å². The second-order valence-electron chi connectivity index (χ2n) is 7.79. The number of carbonyl (C=O) groups excluding carboxylic acids is 1. The summed E-state index contributed by atoms with van der Waals surface area (Å²) in [7, 11) is 1.66. The zero-order chi connectivity index (χ0) is 21.9. The van der Waals surface area contributed by atoms with Crippen molar-refractivity contribution in [3.63, 3.8) is 0 Å². The number of fused-ring (bicyclic) bond motifs is 2. The Morgan fingerprint density at radius 2 is 1.25 bits per heavy atom. The molecule has 3 heteroatoms. The lowest BCUT2D eigenvalue weighted by Gasteiger charge is -2.13. The molecule has 0 aromatic heterocycles. The van der Waals surface area contributed by atoms with E-state index in [1.807, 2.05) is 72.8 Å². The third-order valence-corrected chi connectivity index (χ3v) is 5.88. The predicted molar refractivity (Wildman–Crippen MR) is 131 cm³/mol. The lowest BCUT2D eigenvalue weighted by atomic mass is 9.96. The molecule has 0 spiro atoms. The van der Waals surface area contributed by atoms with Crippen LogP contribution in [0.2, 0.25) is 0 Å². The van der Waals surface area contributed by atoms with E-state index < -0.39 is 0 Å². The van der Waals surface area contributed by atoms with Gasteiger partial charge in [0.15, 0.2) is 0 Å². The number of hydrogen-bond acceptors (Lipinski definition) is 2. The van der Waals surface area contributed by atoms with E-state index >= 15 is 0 Å². The van der Waals surface area contributed by atoms with E-state index in [1.54, 1.807) is 7.11 Å². The van der Waals surface area contributed by atoms with Crippen molar-refractivity contribution in [3.8, 4) is 16.9 Å². The first-order valence-electron chi connectivity index (χ1n) is 10.6. The van der Waals surface area contributed by atoms with Crippen LogP contribution in [0.25, 0.3) is 32.7 Å². The van der Waals surface area contributed by atoms with Gasteiger partial charge in [0.1, 0.15) is 5.75 Å². The molecule has 0 radical (unpaired) electrons. The fourth-order valence-corrected chi connectivity index (χ4v) is 4.17. The summed E-state index contributed by atoms with van der Waals surface area (Å²) in [6, 6.07) is 34.4. The molecule has 0 saturated carbocycles. The lowest BCUT2D eigenvalue weighted by molar-refractivity contribution is 0.0951. The Morgan fingerprint density at radius 3 is 1.81 bits per heavy atom. The number of hydrogen-bond donors (Lipinski definition) is 1. The number of methoxy groups -OCH3 is 1. The van der Waals surface area contributed by atoms with Crippen molar-refractivity contribution in [2.45, 2.75) is 6.54 Å². The van der Waals surface area contributed by atoms with Gasteiger partial charge in [0.25, 0.3) is 5.91 Å². The molecule has 156 valence electrons. The second-order valence-corrected chi connectivity index (χ2v) is 7.79. The summed E-state index contributed by atoms with van der Waals surface area (Å²) in [5.41, 5.74) is 3.93. The number of ether oxygens (including phenoxy) is 1. The minimum absolute atomic E-state index is 0.0803. The zero-order valence-corrected chi connectivity index (χ0v) is 17.8. The Balaban J connectivity index is 1.38. The van der Waals surface area contributed by atoms with Gasteiger partial charge in [-0.3, -0.25) is 4.79 Å². The van der Waals surface area contributed by atoms with Crippen LogP contribution in [0.5, 0.6) is 5.75 Å². The summed E-state index contributed by atoms with van der Waals surface area (Å²) in [6.45, 7) is 0.473. The van der Waals surface area contributed by atoms with Crippen LogP contribution in [-0.2, 0) is 6.54 Å². The molecular formula is C29H23NO2. The molecule has 0 atom stereocenters. The number of amides is 1. The van der Waals surface area contributed by atoms with Gasteiger partial charge < -0.3 is 10.1 Å². The Morgan fingerprint density at radius 1 is 0.719 bits per heavy atom.